The first-order valence-corrected chi connectivity index (χ1v) is 6.94. The molecule has 1 atom stereocenters. The van der Waals surface area contributed by atoms with Gasteiger partial charge in [-0.1, -0.05) is 12.1 Å². The highest BCUT2D eigenvalue weighted by molar-refractivity contribution is 8.00. The maximum Gasteiger partial charge on any atom is 0.232 e. The summed E-state index contributed by atoms with van der Waals surface area (Å²) in [5.41, 5.74) is 5.86. The van der Waals surface area contributed by atoms with Crippen LogP contribution in [-0.2, 0) is 9.59 Å². The monoisotopic (exact) mass is 284 g/mol. The van der Waals surface area contributed by atoms with Crippen LogP contribution in [0.5, 0.6) is 0 Å². The van der Waals surface area contributed by atoms with Crippen LogP contribution in [-0.4, -0.2) is 35.3 Å². The molecule has 0 aliphatic heterocycles. The highest BCUT2D eigenvalue weighted by atomic mass is 32.2. The van der Waals surface area contributed by atoms with E-state index in [9.17, 15) is 14.0 Å². The number of hydrogen-bond acceptors (Lipinski definition) is 3. The summed E-state index contributed by atoms with van der Waals surface area (Å²) in [5.74, 6) is -0.507. The van der Waals surface area contributed by atoms with E-state index in [0.717, 1.165) is 5.56 Å². The van der Waals surface area contributed by atoms with Crippen molar-refractivity contribution in [2.24, 2.45) is 5.73 Å². The molecule has 0 fully saturated rings. The third kappa shape index (κ3) is 4.90. The van der Waals surface area contributed by atoms with Crippen molar-refractivity contribution in [2.45, 2.75) is 13.0 Å². The summed E-state index contributed by atoms with van der Waals surface area (Å²) in [6, 6.07) is 5.89. The Kier molecular flexibility index (Phi) is 5.82. The predicted molar refractivity (Wildman–Crippen MR) is 74.1 cm³/mol. The first-order chi connectivity index (χ1) is 8.91. The smallest absolute Gasteiger partial charge is 0.232 e. The van der Waals surface area contributed by atoms with Crippen LogP contribution in [0.2, 0.25) is 0 Å². The second-order valence-electron chi connectivity index (χ2n) is 4.19. The molecule has 2 N–H and O–H groups in total. The Bertz CT molecular complexity index is 450. The van der Waals surface area contributed by atoms with E-state index in [1.54, 1.807) is 24.1 Å². The van der Waals surface area contributed by atoms with Crippen LogP contribution in [0.25, 0.3) is 0 Å². The van der Waals surface area contributed by atoms with Gasteiger partial charge in [0.25, 0.3) is 0 Å². The number of hydrogen-bond donors (Lipinski definition) is 1. The van der Waals surface area contributed by atoms with Crippen molar-refractivity contribution in [3.63, 3.8) is 0 Å². The molecule has 0 radical (unpaired) electrons. The van der Waals surface area contributed by atoms with Gasteiger partial charge in [-0.3, -0.25) is 9.59 Å². The zero-order valence-electron chi connectivity index (χ0n) is 10.9. The van der Waals surface area contributed by atoms with Gasteiger partial charge in [-0.05, 0) is 24.6 Å². The van der Waals surface area contributed by atoms with E-state index in [0.29, 0.717) is 0 Å². The van der Waals surface area contributed by atoms with Gasteiger partial charge in [-0.25, -0.2) is 4.39 Å². The summed E-state index contributed by atoms with van der Waals surface area (Å²) in [6.07, 6.45) is 0. The predicted octanol–water partition coefficient (Wildman–Crippen LogP) is 1.56. The van der Waals surface area contributed by atoms with E-state index in [4.69, 9.17) is 5.73 Å². The van der Waals surface area contributed by atoms with E-state index in [-0.39, 0.29) is 29.3 Å². The van der Waals surface area contributed by atoms with Crippen molar-refractivity contribution < 1.29 is 14.0 Å². The van der Waals surface area contributed by atoms with E-state index in [1.807, 2.05) is 6.92 Å². The molecule has 0 aliphatic carbocycles. The molecule has 0 aromatic heterocycles. The molecule has 0 bridgehead atoms. The molecule has 1 rings (SSSR count). The zero-order valence-corrected chi connectivity index (χ0v) is 11.7. The Morgan fingerprint density at radius 1 is 1.32 bits per heavy atom. The van der Waals surface area contributed by atoms with Crippen LogP contribution < -0.4 is 5.73 Å². The molecule has 0 heterocycles. The van der Waals surface area contributed by atoms with Crippen molar-refractivity contribution in [2.75, 3.05) is 18.6 Å². The number of benzene rings is 1. The van der Waals surface area contributed by atoms with Gasteiger partial charge in [-0.2, -0.15) is 0 Å². The summed E-state index contributed by atoms with van der Waals surface area (Å²) in [5, 5.41) is 0. The van der Waals surface area contributed by atoms with Gasteiger partial charge in [0.1, 0.15) is 5.82 Å². The third-order valence-corrected chi connectivity index (χ3v) is 3.74. The van der Waals surface area contributed by atoms with Crippen molar-refractivity contribution in [3.8, 4) is 0 Å². The molecule has 0 saturated carbocycles. The first-order valence-electron chi connectivity index (χ1n) is 5.79. The van der Waals surface area contributed by atoms with Gasteiger partial charge in [0, 0.05) is 7.05 Å². The molecule has 0 unspecified atom stereocenters. The number of carbonyl (C=O) groups is 2. The van der Waals surface area contributed by atoms with E-state index < -0.39 is 5.91 Å². The average Bonchev–Trinajstić information content (AvgIpc) is 2.37. The number of thioether (sulfide) groups is 1. The summed E-state index contributed by atoms with van der Waals surface area (Å²) < 4.78 is 12.8. The van der Waals surface area contributed by atoms with E-state index >= 15 is 0 Å². The minimum atomic E-state index is -0.438. The van der Waals surface area contributed by atoms with Crippen molar-refractivity contribution >= 4 is 23.6 Å². The minimum absolute atomic E-state index is 0.0944. The standard InChI is InChI=1S/C13H17FN2O2S/c1-9(10-3-5-11(14)6-4-10)16(2)13(18)8-19-7-12(15)17/h3-6,9H,7-8H2,1-2H3,(H2,15,17)/t9-/m1/s1. The average molecular weight is 284 g/mol. The maximum atomic E-state index is 12.8. The fourth-order valence-corrected chi connectivity index (χ4v) is 2.20. The highest BCUT2D eigenvalue weighted by Gasteiger charge is 2.17. The topological polar surface area (TPSA) is 63.4 Å². The molecule has 0 spiro atoms. The van der Waals surface area contributed by atoms with Crippen LogP contribution in [0.4, 0.5) is 4.39 Å². The molecule has 104 valence electrons. The summed E-state index contributed by atoms with van der Waals surface area (Å²) in [6.45, 7) is 1.86. The van der Waals surface area contributed by atoms with Gasteiger partial charge >= 0.3 is 0 Å². The Hall–Kier alpha value is -1.56. The molecule has 1 aromatic rings. The molecular formula is C13H17FN2O2S. The Morgan fingerprint density at radius 3 is 2.42 bits per heavy atom. The second-order valence-corrected chi connectivity index (χ2v) is 5.18. The molecular weight excluding hydrogens is 267 g/mol. The van der Waals surface area contributed by atoms with Gasteiger partial charge < -0.3 is 10.6 Å². The highest BCUT2D eigenvalue weighted by Crippen LogP contribution is 2.19. The lowest BCUT2D eigenvalue weighted by Gasteiger charge is -2.25. The molecule has 0 aliphatic rings. The molecule has 6 heteroatoms. The fraction of sp³-hybridized carbons (Fsp3) is 0.385. The Labute approximate surface area is 116 Å². The zero-order chi connectivity index (χ0) is 14.4. The second kappa shape index (κ2) is 7.13. The van der Waals surface area contributed by atoms with Crippen LogP contribution in [0.3, 0.4) is 0 Å². The first kappa shape index (κ1) is 15.5. The SMILES string of the molecule is C[C@H](c1ccc(F)cc1)N(C)C(=O)CSCC(N)=O. The van der Waals surface area contributed by atoms with Gasteiger partial charge in [-0.15, -0.1) is 11.8 Å². The third-order valence-electron chi connectivity index (χ3n) is 2.80. The van der Waals surface area contributed by atoms with Crippen LogP contribution >= 0.6 is 11.8 Å². The lowest BCUT2D eigenvalue weighted by molar-refractivity contribution is -0.128. The number of primary amides is 1. The van der Waals surface area contributed by atoms with Crippen LogP contribution in [0.15, 0.2) is 24.3 Å². The summed E-state index contributed by atoms with van der Waals surface area (Å²) in [4.78, 5) is 24.0. The van der Waals surface area contributed by atoms with Gasteiger partial charge in [0.05, 0.1) is 17.5 Å². The Balaban J connectivity index is 2.56. The lowest BCUT2D eigenvalue weighted by Crippen LogP contribution is -2.31. The minimum Gasteiger partial charge on any atom is -0.369 e. The van der Waals surface area contributed by atoms with Crippen LogP contribution in [0, 0.1) is 5.82 Å². The Morgan fingerprint density at radius 2 is 1.89 bits per heavy atom. The van der Waals surface area contributed by atoms with E-state index in [1.165, 1.54) is 23.9 Å². The molecule has 19 heavy (non-hydrogen) atoms. The molecule has 4 nitrogen and oxygen atoms in total. The molecule has 2 amide bonds. The van der Waals surface area contributed by atoms with E-state index in [2.05, 4.69) is 0 Å². The number of rotatable bonds is 6. The van der Waals surface area contributed by atoms with Gasteiger partial charge in [0.2, 0.25) is 11.8 Å². The number of nitrogens with two attached hydrogens (primary N) is 1. The number of carbonyl (C=O) groups excluding carboxylic acids is 2. The summed E-state index contributed by atoms with van der Waals surface area (Å²) in [7, 11) is 1.68. The van der Waals surface area contributed by atoms with Gasteiger partial charge in [0.15, 0.2) is 0 Å². The van der Waals surface area contributed by atoms with Crippen LogP contribution in [0.1, 0.15) is 18.5 Å². The summed E-state index contributed by atoms with van der Waals surface area (Å²) >= 11 is 1.19. The van der Waals surface area contributed by atoms with Crippen molar-refractivity contribution in [3.05, 3.63) is 35.6 Å². The van der Waals surface area contributed by atoms with Crippen molar-refractivity contribution in [1.29, 1.82) is 0 Å². The normalized spacial score (nSPS) is 11.9. The maximum absolute atomic E-state index is 12.8. The van der Waals surface area contributed by atoms with Crippen molar-refractivity contribution in [1.82, 2.24) is 4.90 Å². The molecule has 1 aromatic carbocycles. The quantitative estimate of drug-likeness (QED) is 0.862. The number of amides is 2. The fourth-order valence-electron chi connectivity index (χ4n) is 1.52. The number of halogens is 1. The largest absolute Gasteiger partial charge is 0.369 e. The molecule has 0 saturated heterocycles. The number of nitrogens with zero attached hydrogens (tertiary/aromatic N) is 1. The lowest BCUT2D eigenvalue weighted by atomic mass is 10.1.